The summed E-state index contributed by atoms with van der Waals surface area (Å²) in [6, 6.07) is 0. The van der Waals surface area contributed by atoms with Gasteiger partial charge in [0.1, 0.15) is 5.76 Å². The second-order valence-corrected chi connectivity index (χ2v) is 4.69. The molecule has 0 amide bonds. The van der Waals surface area contributed by atoms with Crippen molar-refractivity contribution in [3.8, 4) is 0 Å². The zero-order valence-electron chi connectivity index (χ0n) is 9.45. The normalized spacial score (nSPS) is 15.9. The Balaban J connectivity index is 2.32. The monoisotopic (exact) mass is 225 g/mol. The standard InChI is InChI=1S/C11H15NO4/c1-11(2,5-9(13)14)10-7-6-15-4-3-8(7)12-16-10/h3-6H2,1-2H3,(H,13,14). The summed E-state index contributed by atoms with van der Waals surface area (Å²) in [5, 5.41) is 12.8. The molecule has 5 heteroatoms. The lowest BCUT2D eigenvalue weighted by Crippen LogP contribution is -2.23. The maximum atomic E-state index is 10.8. The van der Waals surface area contributed by atoms with E-state index in [0.717, 1.165) is 17.7 Å². The largest absolute Gasteiger partial charge is 0.481 e. The molecule has 5 nitrogen and oxygen atoms in total. The molecule has 0 aromatic carbocycles. The van der Waals surface area contributed by atoms with E-state index in [9.17, 15) is 4.79 Å². The molecule has 0 saturated carbocycles. The number of hydrogen-bond donors (Lipinski definition) is 1. The van der Waals surface area contributed by atoms with Crippen LogP contribution in [0.25, 0.3) is 0 Å². The number of nitrogens with zero attached hydrogens (tertiary/aromatic N) is 1. The van der Waals surface area contributed by atoms with E-state index < -0.39 is 11.4 Å². The first-order chi connectivity index (χ1) is 7.50. The van der Waals surface area contributed by atoms with Crippen molar-refractivity contribution in [3.05, 3.63) is 17.0 Å². The van der Waals surface area contributed by atoms with Crippen LogP contribution in [0.3, 0.4) is 0 Å². The molecule has 0 bridgehead atoms. The molecule has 2 rings (SSSR count). The third-order valence-electron chi connectivity index (χ3n) is 2.81. The maximum absolute atomic E-state index is 10.8. The third kappa shape index (κ3) is 1.95. The van der Waals surface area contributed by atoms with Crippen LogP contribution in [0.15, 0.2) is 4.52 Å². The summed E-state index contributed by atoms with van der Waals surface area (Å²) in [6.45, 7) is 4.81. The van der Waals surface area contributed by atoms with Gasteiger partial charge in [-0.2, -0.15) is 0 Å². The van der Waals surface area contributed by atoms with Crippen molar-refractivity contribution in [2.24, 2.45) is 0 Å². The Hall–Kier alpha value is -1.36. The lowest BCUT2D eigenvalue weighted by molar-refractivity contribution is -0.138. The molecule has 0 radical (unpaired) electrons. The van der Waals surface area contributed by atoms with Gasteiger partial charge in [-0.25, -0.2) is 0 Å². The van der Waals surface area contributed by atoms with Gasteiger partial charge in [0.15, 0.2) is 0 Å². The van der Waals surface area contributed by atoms with Crippen LogP contribution in [0.4, 0.5) is 0 Å². The van der Waals surface area contributed by atoms with Crippen LogP contribution < -0.4 is 0 Å². The number of ether oxygens (including phenoxy) is 1. The number of carboxylic acid groups (broad SMARTS) is 1. The van der Waals surface area contributed by atoms with E-state index in [-0.39, 0.29) is 6.42 Å². The summed E-state index contributed by atoms with van der Waals surface area (Å²) < 4.78 is 10.6. The minimum atomic E-state index is -0.841. The van der Waals surface area contributed by atoms with E-state index in [1.165, 1.54) is 0 Å². The van der Waals surface area contributed by atoms with Gasteiger partial charge in [0.05, 0.1) is 25.3 Å². The first-order valence-corrected chi connectivity index (χ1v) is 5.28. The fraction of sp³-hybridized carbons (Fsp3) is 0.636. The second kappa shape index (κ2) is 3.90. The van der Waals surface area contributed by atoms with Gasteiger partial charge in [-0.3, -0.25) is 4.79 Å². The highest BCUT2D eigenvalue weighted by molar-refractivity contribution is 5.68. The highest BCUT2D eigenvalue weighted by Gasteiger charge is 2.33. The summed E-state index contributed by atoms with van der Waals surface area (Å²) >= 11 is 0. The Morgan fingerprint density at radius 2 is 2.31 bits per heavy atom. The van der Waals surface area contributed by atoms with Gasteiger partial charge in [0, 0.05) is 17.4 Å². The van der Waals surface area contributed by atoms with Crippen LogP contribution in [0, 0.1) is 0 Å². The zero-order chi connectivity index (χ0) is 11.8. The summed E-state index contributed by atoms with van der Waals surface area (Å²) in [7, 11) is 0. The molecule has 1 aromatic heterocycles. The van der Waals surface area contributed by atoms with Gasteiger partial charge >= 0.3 is 5.97 Å². The van der Waals surface area contributed by atoms with Crippen molar-refractivity contribution < 1.29 is 19.2 Å². The fourth-order valence-corrected chi connectivity index (χ4v) is 2.02. The maximum Gasteiger partial charge on any atom is 0.304 e. The number of carboxylic acids is 1. The Labute approximate surface area is 93.4 Å². The van der Waals surface area contributed by atoms with Crippen molar-refractivity contribution in [2.45, 2.75) is 38.7 Å². The van der Waals surface area contributed by atoms with E-state index >= 15 is 0 Å². The molecule has 1 aliphatic rings. The van der Waals surface area contributed by atoms with E-state index in [0.29, 0.717) is 19.0 Å². The van der Waals surface area contributed by atoms with Gasteiger partial charge in [0.25, 0.3) is 0 Å². The first kappa shape index (κ1) is 11.1. The Bertz CT molecular complexity index is 408. The lowest BCUT2D eigenvalue weighted by atomic mass is 9.83. The van der Waals surface area contributed by atoms with Crippen molar-refractivity contribution in [1.29, 1.82) is 0 Å². The van der Waals surface area contributed by atoms with Gasteiger partial charge < -0.3 is 14.4 Å². The van der Waals surface area contributed by atoms with E-state index in [2.05, 4.69) is 5.16 Å². The molecule has 1 N–H and O–H groups in total. The molecule has 0 aliphatic carbocycles. The number of aliphatic carboxylic acids is 1. The summed E-state index contributed by atoms with van der Waals surface area (Å²) in [4.78, 5) is 10.8. The van der Waals surface area contributed by atoms with Crippen LogP contribution in [-0.4, -0.2) is 22.8 Å². The molecule has 88 valence electrons. The molecule has 0 unspecified atom stereocenters. The van der Waals surface area contributed by atoms with Crippen LogP contribution in [0.2, 0.25) is 0 Å². The number of aromatic nitrogens is 1. The minimum Gasteiger partial charge on any atom is -0.481 e. The topological polar surface area (TPSA) is 72.6 Å². The molecule has 0 fully saturated rings. The number of fused-ring (bicyclic) bond motifs is 1. The highest BCUT2D eigenvalue weighted by Crippen LogP contribution is 2.33. The molecular formula is C11H15NO4. The highest BCUT2D eigenvalue weighted by atomic mass is 16.5. The van der Waals surface area contributed by atoms with Crippen LogP contribution in [-0.2, 0) is 28.0 Å². The average molecular weight is 225 g/mol. The molecule has 0 saturated heterocycles. The molecule has 0 atom stereocenters. The Kier molecular flexibility index (Phi) is 2.71. The second-order valence-electron chi connectivity index (χ2n) is 4.69. The molecule has 0 spiro atoms. The average Bonchev–Trinajstić information content (AvgIpc) is 2.59. The van der Waals surface area contributed by atoms with Gasteiger partial charge in [0.2, 0.25) is 0 Å². The molecule has 1 aromatic rings. The summed E-state index contributed by atoms with van der Waals surface area (Å²) in [5.41, 5.74) is 1.28. The van der Waals surface area contributed by atoms with Gasteiger partial charge in [-0.1, -0.05) is 19.0 Å². The Morgan fingerprint density at radius 1 is 1.56 bits per heavy atom. The number of hydrogen-bond acceptors (Lipinski definition) is 4. The van der Waals surface area contributed by atoms with Crippen molar-refractivity contribution >= 4 is 5.97 Å². The SMILES string of the molecule is CC(C)(CC(=O)O)c1onc2c1COCC2. The van der Waals surface area contributed by atoms with Crippen LogP contribution >= 0.6 is 0 Å². The quantitative estimate of drug-likeness (QED) is 0.843. The third-order valence-corrected chi connectivity index (χ3v) is 2.81. The van der Waals surface area contributed by atoms with Crippen molar-refractivity contribution in [3.63, 3.8) is 0 Å². The lowest BCUT2D eigenvalue weighted by Gasteiger charge is -2.21. The Morgan fingerprint density at radius 3 is 3.00 bits per heavy atom. The number of rotatable bonds is 3. The predicted molar refractivity (Wildman–Crippen MR) is 55.1 cm³/mol. The van der Waals surface area contributed by atoms with Crippen LogP contribution in [0.5, 0.6) is 0 Å². The van der Waals surface area contributed by atoms with E-state index in [1.807, 2.05) is 13.8 Å². The fourth-order valence-electron chi connectivity index (χ4n) is 2.02. The predicted octanol–water partition coefficient (Wildman–Crippen LogP) is 1.50. The van der Waals surface area contributed by atoms with E-state index in [1.54, 1.807) is 0 Å². The molecular weight excluding hydrogens is 210 g/mol. The minimum absolute atomic E-state index is 0.0225. The number of carbonyl (C=O) groups is 1. The molecule has 2 heterocycles. The van der Waals surface area contributed by atoms with Crippen molar-refractivity contribution in [1.82, 2.24) is 5.16 Å². The summed E-state index contributed by atoms with van der Waals surface area (Å²) in [5.74, 6) is -0.198. The van der Waals surface area contributed by atoms with Crippen LogP contribution in [0.1, 0.15) is 37.3 Å². The smallest absolute Gasteiger partial charge is 0.304 e. The zero-order valence-corrected chi connectivity index (χ0v) is 9.45. The van der Waals surface area contributed by atoms with Gasteiger partial charge in [-0.15, -0.1) is 0 Å². The molecule has 1 aliphatic heterocycles. The van der Waals surface area contributed by atoms with E-state index in [4.69, 9.17) is 14.4 Å². The van der Waals surface area contributed by atoms with Gasteiger partial charge in [-0.05, 0) is 0 Å². The summed E-state index contributed by atoms with van der Waals surface area (Å²) in [6.07, 6.45) is 0.761. The van der Waals surface area contributed by atoms with Crippen molar-refractivity contribution in [2.75, 3.05) is 6.61 Å². The first-order valence-electron chi connectivity index (χ1n) is 5.28. The molecule has 16 heavy (non-hydrogen) atoms.